The number of guanidine groups is 1. The standard InChI is InChI=1S/C15H25N3O2/c1-11(2)8-9-17-15(16)18-10-14(19)12-4-6-13(20-3)7-5-12/h4-7,11,14,19H,8-10H2,1-3H3,(H3,16,17,18). The molecule has 4 N–H and O–H groups in total. The van der Waals surface area contributed by atoms with E-state index in [0.717, 1.165) is 24.3 Å². The molecule has 0 heterocycles. The van der Waals surface area contributed by atoms with E-state index in [1.165, 1.54) is 0 Å². The highest BCUT2D eigenvalue weighted by Crippen LogP contribution is 2.17. The van der Waals surface area contributed by atoms with Crippen molar-refractivity contribution in [3.63, 3.8) is 0 Å². The number of benzene rings is 1. The largest absolute Gasteiger partial charge is 0.497 e. The minimum absolute atomic E-state index is 0.243. The van der Waals surface area contributed by atoms with Crippen molar-refractivity contribution in [2.45, 2.75) is 26.4 Å². The van der Waals surface area contributed by atoms with E-state index in [9.17, 15) is 5.11 Å². The smallest absolute Gasteiger partial charge is 0.188 e. The van der Waals surface area contributed by atoms with Crippen molar-refractivity contribution in [2.75, 3.05) is 20.2 Å². The summed E-state index contributed by atoms with van der Waals surface area (Å²) in [5.41, 5.74) is 6.54. The van der Waals surface area contributed by atoms with Crippen molar-refractivity contribution < 1.29 is 9.84 Å². The lowest BCUT2D eigenvalue weighted by Gasteiger charge is -2.11. The van der Waals surface area contributed by atoms with E-state index in [4.69, 9.17) is 10.5 Å². The number of nitrogens with two attached hydrogens (primary N) is 1. The van der Waals surface area contributed by atoms with Gasteiger partial charge in [-0.3, -0.25) is 4.99 Å². The Balaban J connectivity index is 2.42. The maximum atomic E-state index is 10.0. The Morgan fingerprint density at radius 1 is 1.35 bits per heavy atom. The van der Waals surface area contributed by atoms with Crippen LogP contribution in [0.3, 0.4) is 0 Å². The molecule has 20 heavy (non-hydrogen) atoms. The molecule has 0 aliphatic carbocycles. The van der Waals surface area contributed by atoms with Crippen molar-refractivity contribution in [1.82, 2.24) is 5.32 Å². The van der Waals surface area contributed by atoms with Crippen LogP contribution in [0.1, 0.15) is 31.9 Å². The van der Waals surface area contributed by atoms with Crippen LogP contribution in [0.5, 0.6) is 5.75 Å². The fraction of sp³-hybridized carbons (Fsp3) is 0.533. The van der Waals surface area contributed by atoms with Gasteiger partial charge in [0, 0.05) is 6.54 Å². The van der Waals surface area contributed by atoms with E-state index in [-0.39, 0.29) is 6.54 Å². The first-order valence-electron chi connectivity index (χ1n) is 6.88. The van der Waals surface area contributed by atoms with Gasteiger partial charge in [0.15, 0.2) is 5.96 Å². The number of methoxy groups -OCH3 is 1. The molecule has 0 saturated heterocycles. The zero-order chi connectivity index (χ0) is 15.0. The number of rotatable bonds is 7. The predicted octanol–water partition coefficient (Wildman–Crippen LogP) is 1.68. The number of hydrogen-bond acceptors (Lipinski definition) is 3. The Morgan fingerprint density at radius 2 is 2.00 bits per heavy atom. The summed E-state index contributed by atoms with van der Waals surface area (Å²) in [7, 11) is 1.61. The van der Waals surface area contributed by atoms with Crippen LogP contribution in [-0.2, 0) is 0 Å². The Hall–Kier alpha value is -1.75. The van der Waals surface area contributed by atoms with E-state index < -0.39 is 6.10 Å². The van der Waals surface area contributed by atoms with Crippen molar-refractivity contribution in [3.8, 4) is 5.75 Å². The van der Waals surface area contributed by atoms with Crippen LogP contribution < -0.4 is 15.8 Å². The molecule has 1 atom stereocenters. The third-order valence-corrected chi connectivity index (χ3v) is 2.96. The van der Waals surface area contributed by atoms with Gasteiger partial charge in [-0.15, -0.1) is 0 Å². The molecule has 0 aromatic heterocycles. The lowest BCUT2D eigenvalue weighted by molar-refractivity contribution is 0.187. The highest BCUT2D eigenvalue weighted by atomic mass is 16.5. The molecule has 0 spiro atoms. The van der Waals surface area contributed by atoms with Gasteiger partial charge in [-0.05, 0) is 30.0 Å². The molecule has 112 valence electrons. The molecule has 0 bridgehead atoms. The SMILES string of the molecule is COc1ccc(C(O)CN=C(N)NCCC(C)C)cc1. The maximum absolute atomic E-state index is 10.0. The van der Waals surface area contributed by atoms with Gasteiger partial charge < -0.3 is 20.9 Å². The molecule has 1 aromatic rings. The normalized spacial score (nSPS) is 13.3. The minimum Gasteiger partial charge on any atom is -0.497 e. The van der Waals surface area contributed by atoms with Crippen LogP contribution >= 0.6 is 0 Å². The van der Waals surface area contributed by atoms with Gasteiger partial charge in [-0.2, -0.15) is 0 Å². The van der Waals surface area contributed by atoms with Gasteiger partial charge in [0.2, 0.25) is 0 Å². The maximum Gasteiger partial charge on any atom is 0.188 e. The van der Waals surface area contributed by atoms with Crippen molar-refractivity contribution in [1.29, 1.82) is 0 Å². The summed E-state index contributed by atoms with van der Waals surface area (Å²) in [4.78, 5) is 4.14. The second-order valence-corrected chi connectivity index (χ2v) is 5.12. The monoisotopic (exact) mass is 279 g/mol. The molecule has 1 aromatic carbocycles. The minimum atomic E-state index is -0.661. The van der Waals surface area contributed by atoms with Crippen LogP contribution in [0.25, 0.3) is 0 Å². The quantitative estimate of drug-likeness (QED) is 0.524. The van der Waals surface area contributed by atoms with Crippen LogP contribution in [-0.4, -0.2) is 31.3 Å². The molecule has 5 nitrogen and oxygen atoms in total. The van der Waals surface area contributed by atoms with Crippen molar-refractivity contribution in [3.05, 3.63) is 29.8 Å². The van der Waals surface area contributed by atoms with E-state index in [0.29, 0.717) is 11.9 Å². The molecular formula is C15H25N3O2. The van der Waals surface area contributed by atoms with E-state index in [1.807, 2.05) is 24.3 Å². The van der Waals surface area contributed by atoms with Crippen LogP contribution in [0, 0.1) is 5.92 Å². The molecule has 0 fully saturated rings. The molecule has 0 radical (unpaired) electrons. The van der Waals surface area contributed by atoms with E-state index >= 15 is 0 Å². The zero-order valence-electron chi connectivity index (χ0n) is 12.5. The summed E-state index contributed by atoms with van der Waals surface area (Å²) in [6.07, 6.45) is 0.378. The first kappa shape index (κ1) is 16.3. The summed E-state index contributed by atoms with van der Waals surface area (Å²) in [6.45, 7) is 5.35. The molecule has 0 aliphatic rings. The number of aliphatic imine (C=N–C) groups is 1. The number of hydrogen-bond donors (Lipinski definition) is 3. The van der Waals surface area contributed by atoms with E-state index in [1.54, 1.807) is 7.11 Å². The Kier molecular flexibility index (Phi) is 6.87. The van der Waals surface area contributed by atoms with Gasteiger partial charge in [0.25, 0.3) is 0 Å². The first-order chi connectivity index (χ1) is 9.52. The Morgan fingerprint density at radius 3 is 2.55 bits per heavy atom. The summed E-state index contributed by atoms with van der Waals surface area (Å²) < 4.78 is 5.07. The topological polar surface area (TPSA) is 79.9 Å². The average molecular weight is 279 g/mol. The number of nitrogens with zero attached hydrogens (tertiary/aromatic N) is 1. The van der Waals surface area contributed by atoms with Gasteiger partial charge in [0.1, 0.15) is 5.75 Å². The van der Waals surface area contributed by atoms with Crippen LogP contribution in [0.2, 0.25) is 0 Å². The zero-order valence-corrected chi connectivity index (χ0v) is 12.5. The average Bonchev–Trinajstić information content (AvgIpc) is 2.44. The van der Waals surface area contributed by atoms with Crippen molar-refractivity contribution in [2.24, 2.45) is 16.6 Å². The molecule has 1 rings (SSSR count). The van der Waals surface area contributed by atoms with E-state index in [2.05, 4.69) is 24.2 Å². The van der Waals surface area contributed by atoms with Gasteiger partial charge in [0.05, 0.1) is 19.8 Å². The Bertz CT molecular complexity index is 416. The van der Waals surface area contributed by atoms with Crippen molar-refractivity contribution >= 4 is 5.96 Å². The molecule has 5 heteroatoms. The molecule has 1 unspecified atom stereocenters. The van der Waals surface area contributed by atoms with Crippen LogP contribution in [0.4, 0.5) is 0 Å². The summed E-state index contributed by atoms with van der Waals surface area (Å²) in [5.74, 6) is 1.76. The fourth-order valence-corrected chi connectivity index (χ4v) is 1.66. The van der Waals surface area contributed by atoms with Gasteiger partial charge in [-0.1, -0.05) is 26.0 Å². The third kappa shape index (κ3) is 5.93. The van der Waals surface area contributed by atoms with Gasteiger partial charge >= 0.3 is 0 Å². The second kappa shape index (κ2) is 8.43. The number of aliphatic hydroxyl groups excluding tert-OH is 1. The fourth-order valence-electron chi connectivity index (χ4n) is 1.66. The van der Waals surface area contributed by atoms with Gasteiger partial charge in [-0.25, -0.2) is 0 Å². The lowest BCUT2D eigenvalue weighted by atomic mass is 10.1. The highest BCUT2D eigenvalue weighted by Gasteiger charge is 2.07. The first-order valence-corrected chi connectivity index (χ1v) is 6.88. The van der Waals surface area contributed by atoms with Crippen LogP contribution in [0.15, 0.2) is 29.3 Å². The number of aliphatic hydroxyl groups is 1. The second-order valence-electron chi connectivity index (χ2n) is 5.12. The lowest BCUT2D eigenvalue weighted by Crippen LogP contribution is -2.33. The molecular weight excluding hydrogens is 254 g/mol. The third-order valence-electron chi connectivity index (χ3n) is 2.96. The number of ether oxygens (including phenoxy) is 1. The Labute approximate surface area is 120 Å². The molecule has 0 aliphatic heterocycles. The summed E-state index contributed by atoms with van der Waals surface area (Å²) in [5, 5.41) is 13.1. The summed E-state index contributed by atoms with van der Waals surface area (Å²) >= 11 is 0. The predicted molar refractivity (Wildman–Crippen MR) is 81.9 cm³/mol. The molecule has 0 amide bonds. The summed E-state index contributed by atoms with van der Waals surface area (Å²) in [6, 6.07) is 7.27. The highest BCUT2D eigenvalue weighted by molar-refractivity contribution is 5.77. The number of nitrogens with one attached hydrogen (secondary N) is 1. The molecule has 0 saturated carbocycles.